The van der Waals surface area contributed by atoms with Gasteiger partial charge in [0.1, 0.15) is 0 Å². The van der Waals surface area contributed by atoms with E-state index < -0.39 is 0 Å². The average Bonchev–Trinajstić information content (AvgIpc) is 2.12. The van der Waals surface area contributed by atoms with Crippen LogP contribution < -0.4 is 0 Å². The molecule has 0 aromatic heterocycles. The highest BCUT2D eigenvalue weighted by molar-refractivity contribution is 6.30. The van der Waals surface area contributed by atoms with Crippen molar-refractivity contribution in [3.63, 3.8) is 0 Å². The summed E-state index contributed by atoms with van der Waals surface area (Å²) < 4.78 is 0. The molecule has 0 aromatic rings. The van der Waals surface area contributed by atoms with E-state index in [2.05, 4.69) is 19.0 Å². The second-order valence-corrected chi connectivity index (χ2v) is 1.29. The van der Waals surface area contributed by atoms with Crippen molar-refractivity contribution in [3.05, 3.63) is 0 Å². The fraction of sp³-hybridized carbons (Fsp3) is 1.00. The largest absolute Gasteiger partial charge is 0.345 e. The molecule has 27 valence electrons. The molecule has 1 fully saturated rings. The fourth-order valence-electron chi connectivity index (χ4n) is 0.316. The van der Waals surface area contributed by atoms with E-state index >= 15 is 0 Å². The lowest BCUT2D eigenvalue weighted by atomic mass is 10.0. The lowest BCUT2D eigenvalue weighted by Gasteiger charge is -1.78. The first kappa shape index (κ1) is 3.22. The Hall–Kier alpha value is 0.0249. The Morgan fingerprint density at radius 1 is 1.60 bits per heavy atom. The molecule has 0 N–H and O–H groups in total. The first-order valence-corrected chi connectivity index (χ1v) is 1.97. The van der Waals surface area contributed by atoms with Gasteiger partial charge in [-0.2, -0.15) is 0 Å². The first-order chi connectivity index (χ1) is 2.43. The van der Waals surface area contributed by atoms with Crippen LogP contribution in [0.5, 0.6) is 0 Å². The minimum Gasteiger partial charge on any atom is -0.345 e. The molecule has 0 spiro atoms. The Labute approximate surface area is 33.2 Å². The number of nitrogens with zero attached hydrogens (tertiary/aromatic N) is 1. The Morgan fingerprint density at radius 2 is 2.20 bits per heavy atom. The molecule has 1 aliphatic rings. The van der Waals surface area contributed by atoms with Crippen molar-refractivity contribution < 1.29 is 0 Å². The highest BCUT2D eigenvalue weighted by Gasteiger charge is 2.12. The Morgan fingerprint density at radius 3 is 2.20 bits per heavy atom. The third-order valence-corrected chi connectivity index (χ3v) is 0.847. The van der Waals surface area contributed by atoms with E-state index in [1.165, 1.54) is 13.1 Å². The van der Waals surface area contributed by atoms with Crippen molar-refractivity contribution in [2.45, 2.75) is 6.82 Å². The molecule has 5 heavy (non-hydrogen) atoms. The van der Waals surface area contributed by atoms with Gasteiger partial charge in [0.15, 0.2) is 0 Å². The predicted octanol–water partition coefficient (Wildman–Crippen LogP) is -0.0307. The van der Waals surface area contributed by atoms with E-state index in [-0.39, 0.29) is 0 Å². The van der Waals surface area contributed by atoms with E-state index in [0.29, 0.717) is 0 Å². The highest BCUT2D eigenvalue weighted by Crippen LogP contribution is 1.96. The van der Waals surface area contributed by atoms with E-state index in [4.69, 9.17) is 0 Å². The van der Waals surface area contributed by atoms with Crippen LogP contribution in [-0.4, -0.2) is 25.3 Å². The minimum absolute atomic E-state index is 1.29. The SMILES string of the molecule is C[B]N1CC1. The Kier molecular flexibility index (Phi) is 0.654. The molecule has 0 aliphatic carbocycles. The topological polar surface area (TPSA) is 3.01 Å². The van der Waals surface area contributed by atoms with Gasteiger partial charge in [-0.25, -0.2) is 0 Å². The lowest BCUT2D eigenvalue weighted by molar-refractivity contribution is 0.904. The summed E-state index contributed by atoms with van der Waals surface area (Å²) in [6, 6.07) is 0. The maximum absolute atomic E-state index is 2.25. The van der Waals surface area contributed by atoms with Gasteiger partial charge in [0.25, 0.3) is 0 Å². The standard InChI is InChI=1S/C3H7BN/c1-4-5-2-3-5/h2-3H2,1H3. The molecule has 1 saturated heterocycles. The number of rotatable bonds is 1. The van der Waals surface area contributed by atoms with E-state index in [1.54, 1.807) is 0 Å². The van der Waals surface area contributed by atoms with Crippen molar-refractivity contribution in [1.82, 2.24) is 4.81 Å². The van der Waals surface area contributed by atoms with Gasteiger partial charge in [0, 0.05) is 0 Å². The smallest absolute Gasteiger partial charge is 0.205 e. The van der Waals surface area contributed by atoms with Gasteiger partial charge in [-0.05, 0) is 13.1 Å². The molecule has 2 heteroatoms. The van der Waals surface area contributed by atoms with Gasteiger partial charge < -0.3 is 4.81 Å². The maximum atomic E-state index is 2.25. The Bertz CT molecular complexity index is 33.9. The molecule has 0 amide bonds. The average molecular weight is 67.9 g/mol. The second kappa shape index (κ2) is 1.01. The third kappa shape index (κ3) is 0.654. The summed E-state index contributed by atoms with van der Waals surface area (Å²) >= 11 is 0. The normalized spacial score (nSPS) is 22.6. The molecule has 1 aliphatic heterocycles. The Balaban J connectivity index is 2.00. The van der Waals surface area contributed by atoms with Crippen LogP contribution >= 0.6 is 0 Å². The summed E-state index contributed by atoms with van der Waals surface area (Å²) in [6.07, 6.45) is 0. The van der Waals surface area contributed by atoms with Crippen LogP contribution in [0.15, 0.2) is 0 Å². The van der Waals surface area contributed by atoms with Crippen LogP contribution in [-0.2, 0) is 0 Å². The molecule has 0 saturated carbocycles. The molecular weight excluding hydrogens is 60.9 g/mol. The number of hydrogen-bond acceptors (Lipinski definition) is 1. The van der Waals surface area contributed by atoms with Crippen LogP contribution in [0.3, 0.4) is 0 Å². The summed E-state index contributed by atoms with van der Waals surface area (Å²) in [7, 11) is 2.11. The van der Waals surface area contributed by atoms with Crippen molar-refractivity contribution >= 4 is 7.41 Å². The summed E-state index contributed by atoms with van der Waals surface area (Å²) in [5.74, 6) is 0. The fourth-order valence-corrected chi connectivity index (χ4v) is 0.316. The van der Waals surface area contributed by atoms with E-state index in [0.717, 1.165) is 0 Å². The molecular formula is C3H7BN. The van der Waals surface area contributed by atoms with Gasteiger partial charge >= 0.3 is 0 Å². The highest BCUT2D eigenvalue weighted by atomic mass is 15.2. The molecule has 1 rings (SSSR count). The van der Waals surface area contributed by atoms with Crippen LogP contribution in [0.4, 0.5) is 0 Å². The van der Waals surface area contributed by atoms with Crippen molar-refractivity contribution in [2.24, 2.45) is 0 Å². The van der Waals surface area contributed by atoms with Crippen LogP contribution in [0.25, 0.3) is 0 Å². The molecule has 0 atom stereocenters. The molecule has 0 aromatic carbocycles. The van der Waals surface area contributed by atoms with Crippen molar-refractivity contribution in [3.8, 4) is 0 Å². The van der Waals surface area contributed by atoms with Gasteiger partial charge in [-0.1, -0.05) is 6.82 Å². The monoisotopic (exact) mass is 68.1 g/mol. The molecule has 0 bridgehead atoms. The maximum Gasteiger partial charge on any atom is 0.205 e. The molecule has 1 nitrogen and oxygen atoms in total. The number of hydrogen-bond donors (Lipinski definition) is 0. The van der Waals surface area contributed by atoms with Gasteiger partial charge in [-0.15, -0.1) is 0 Å². The van der Waals surface area contributed by atoms with Crippen molar-refractivity contribution in [2.75, 3.05) is 13.1 Å². The van der Waals surface area contributed by atoms with Gasteiger partial charge in [-0.3, -0.25) is 0 Å². The van der Waals surface area contributed by atoms with Crippen LogP contribution in [0.2, 0.25) is 6.82 Å². The summed E-state index contributed by atoms with van der Waals surface area (Å²) in [5.41, 5.74) is 0. The minimum atomic E-state index is 1.29. The lowest BCUT2D eigenvalue weighted by Crippen LogP contribution is -1.95. The van der Waals surface area contributed by atoms with Crippen LogP contribution in [0, 0.1) is 0 Å². The zero-order valence-electron chi connectivity index (χ0n) is 3.44. The zero-order chi connectivity index (χ0) is 3.70. The molecule has 1 heterocycles. The van der Waals surface area contributed by atoms with Crippen LogP contribution in [0.1, 0.15) is 0 Å². The van der Waals surface area contributed by atoms with E-state index in [9.17, 15) is 0 Å². The van der Waals surface area contributed by atoms with Crippen molar-refractivity contribution in [1.29, 1.82) is 0 Å². The third-order valence-electron chi connectivity index (χ3n) is 0.847. The zero-order valence-corrected chi connectivity index (χ0v) is 3.44. The summed E-state index contributed by atoms with van der Waals surface area (Å²) in [5, 5.41) is 0. The first-order valence-electron chi connectivity index (χ1n) is 1.97. The van der Waals surface area contributed by atoms with Gasteiger partial charge in [0.2, 0.25) is 7.41 Å². The quantitative estimate of drug-likeness (QED) is 0.308. The predicted molar refractivity (Wildman–Crippen MR) is 23.2 cm³/mol. The summed E-state index contributed by atoms with van der Waals surface area (Å²) in [4.78, 5) is 2.25. The van der Waals surface area contributed by atoms with E-state index in [1.807, 2.05) is 0 Å². The molecule has 0 unspecified atom stereocenters. The van der Waals surface area contributed by atoms with Gasteiger partial charge in [0.05, 0.1) is 0 Å². The molecule has 1 radical (unpaired) electrons. The summed E-state index contributed by atoms with van der Waals surface area (Å²) in [6.45, 7) is 4.64. The second-order valence-electron chi connectivity index (χ2n) is 1.29.